The van der Waals surface area contributed by atoms with Crippen LogP contribution in [0.3, 0.4) is 0 Å². The Labute approximate surface area is 210 Å². The molecule has 4 nitrogen and oxygen atoms in total. The van der Waals surface area contributed by atoms with E-state index in [4.69, 9.17) is 0 Å². The summed E-state index contributed by atoms with van der Waals surface area (Å²) in [5.41, 5.74) is 0. The first-order valence-corrected chi connectivity index (χ1v) is 14.0. The SMILES string of the molecule is CCCCCCCCCCCCCC(O)CCCCCCCC(CC)S(=O)(=O)[O-].[Na+]. The molecule has 0 aromatic heterocycles. The Morgan fingerprint density at radius 3 is 1.30 bits per heavy atom. The van der Waals surface area contributed by atoms with Gasteiger partial charge in [0.15, 0.2) is 0 Å². The van der Waals surface area contributed by atoms with Crippen molar-refractivity contribution < 1.29 is 47.6 Å². The van der Waals surface area contributed by atoms with Gasteiger partial charge in [-0.05, 0) is 25.7 Å². The van der Waals surface area contributed by atoms with E-state index in [9.17, 15) is 18.1 Å². The second-order valence-electron chi connectivity index (χ2n) is 8.85. The number of hydrogen-bond acceptors (Lipinski definition) is 4. The van der Waals surface area contributed by atoms with Crippen molar-refractivity contribution in [2.75, 3.05) is 0 Å². The van der Waals surface area contributed by atoms with Gasteiger partial charge in [0.25, 0.3) is 0 Å². The average Bonchev–Trinajstić information content (AvgIpc) is 2.67. The molecule has 0 aliphatic rings. The van der Waals surface area contributed by atoms with Crippen LogP contribution >= 0.6 is 0 Å². The maximum Gasteiger partial charge on any atom is 1.00 e. The van der Waals surface area contributed by atoms with Crippen LogP contribution in [-0.4, -0.2) is 29.4 Å². The molecule has 0 heterocycles. The van der Waals surface area contributed by atoms with E-state index in [-0.39, 0.29) is 35.7 Å². The molecule has 2 atom stereocenters. The minimum Gasteiger partial charge on any atom is -0.748 e. The normalized spacial score (nSPS) is 13.7. The van der Waals surface area contributed by atoms with E-state index in [0.717, 1.165) is 51.4 Å². The fourth-order valence-electron chi connectivity index (χ4n) is 4.02. The summed E-state index contributed by atoms with van der Waals surface area (Å²) in [6, 6.07) is 0. The van der Waals surface area contributed by atoms with Gasteiger partial charge < -0.3 is 9.66 Å². The number of aliphatic hydroxyl groups is 1. The standard InChI is InChI=1S/C24H50O4S.Na/c1-3-5-6-7-8-9-10-11-12-14-17-20-23(25)21-18-15-13-16-19-22-24(4-2)29(26,27)28;/h23-25H,3-22H2,1-2H3,(H,26,27,28);/q;+1/p-1. The number of hydrogen-bond donors (Lipinski definition) is 1. The Hall–Kier alpha value is 0.870. The van der Waals surface area contributed by atoms with Crippen LogP contribution < -0.4 is 29.6 Å². The number of rotatable bonds is 22. The van der Waals surface area contributed by atoms with Crippen molar-refractivity contribution in [1.29, 1.82) is 0 Å². The monoisotopic (exact) mass is 456 g/mol. The van der Waals surface area contributed by atoms with Gasteiger partial charge in [-0.25, -0.2) is 8.42 Å². The maximum atomic E-state index is 11.0. The van der Waals surface area contributed by atoms with Gasteiger partial charge in [0.05, 0.1) is 16.2 Å². The van der Waals surface area contributed by atoms with Crippen molar-refractivity contribution in [3.05, 3.63) is 0 Å². The van der Waals surface area contributed by atoms with Crippen molar-refractivity contribution in [1.82, 2.24) is 0 Å². The van der Waals surface area contributed by atoms with Crippen LogP contribution in [0.25, 0.3) is 0 Å². The molecule has 0 aliphatic heterocycles. The van der Waals surface area contributed by atoms with E-state index in [2.05, 4.69) is 6.92 Å². The van der Waals surface area contributed by atoms with Crippen LogP contribution in [-0.2, 0) is 10.1 Å². The molecule has 6 heteroatoms. The molecule has 0 bridgehead atoms. The topological polar surface area (TPSA) is 77.4 Å². The molecule has 176 valence electrons. The largest absolute Gasteiger partial charge is 1.00 e. The zero-order valence-electron chi connectivity index (χ0n) is 20.4. The fraction of sp³-hybridized carbons (Fsp3) is 1.00. The molecule has 0 fully saturated rings. The van der Waals surface area contributed by atoms with Crippen LogP contribution in [0.1, 0.15) is 142 Å². The molecule has 30 heavy (non-hydrogen) atoms. The molecule has 0 radical (unpaired) electrons. The van der Waals surface area contributed by atoms with Crippen molar-refractivity contribution in [3.8, 4) is 0 Å². The van der Waals surface area contributed by atoms with E-state index in [0.29, 0.717) is 12.8 Å². The van der Waals surface area contributed by atoms with Gasteiger partial charge in [-0.3, -0.25) is 0 Å². The Bertz CT molecular complexity index is 442. The molecule has 2 unspecified atom stereocenters. The quantitative estimate of drug-likeness (QED) is 0.151. The average molecular weight is 457 g/mol. The predicted octanol–water partition coefficient (Wildman–Crippen LogP) is 4.11. The van der Waals surface area contributed by atoms with E-state index in [1.807, 2.05) is 0 Å². The van der Waals surface area contributed by atoms with Gasteiger partial charge in [-0.2, -0.15) is 0 Å². The molecule has 1 N–H and O–H groups in total. The van der Waals surface area contributed by atoms with Crippen molar-refractivity contribution in [3.63, 3.8) is 0 Å². The molecule has 0 rings (SSSR count). The third-order valence-corrected chi connectivity index (χ3v) is 7.45. The summed E-state index contributed by atoms with van der Waals surface area (Å²) in [6.07, 6.45) is 22.2. The van der Waals surface area contributed by atoms with Crippen molar-refractivity contribution >= 4 is 10.1 Å². The van der Waals surface area contributed by atoms with Gasteiger partial charge in [0.1, 0.15) is 0 Å². The van der Waals surface area contributed by atoms with E-state index < -0.39 is 15.4 Å². The Kier molecular flexibility index (Phi) is 25.4. The minimum absolute atomic E-state index is 0. The Morgan fingerprint density at radius 2 is 0.967 bits per heavy atom. The predicted molar refractivity (Wildman–Crippen MR) is 123 cm³/mol. The summed E-state index contributed by atoms with van der Waals surface area (Å²) in [5.74, 6) is 0. The van der Waals surface area contributed by atoms with Gasteiger partial charge in [-0.15, -0.1) is 0 Å². The summed E-state index contributed by atoms with van der Waals surface area (Å²) in [7, 11) is -4.13. The first-order chi connectivity index (χ1) is 13.9. The molecule has 0 aromatic carbocycles. The van der Waals surface area contributed by atoms with Crippen LogP contribution in [0.2, 0.25) is 0 Å². The van der Waals surface area contributed by atoms with E-state index in [1.54, 1.807) is 6.92 Å². The second kappa shape index (κ2) is 23.0. The van der Waals surface area contributed by atoms with Crippen LogP contribution in [0.4, 0.5) is 0 Å². The summed E-state index contributed by atoms with van der Waals surface area (Å²) in [4.78, 5) is 0. The molecule has 0 aromatic rings. The zero-order chi connectivity index (χ0) is 21.8. The number of unbranched alkanes of at least 4 members (excludes halogenated alkanes) is 14. The van der Waals surface area contributed by atoms with Crippen LogP contribution in [0, 0.1) is 0 Å². The van der Waals surface area contributed by atoms with Gasteiger partial charge >= 0.3 is 29.6 Å². The summed E-state index contributed by atoms with van der Waals surface area (Å²) in [6.45, 7) is 4.02. The molecule has 0 aliphatic carbocycles. The zero-order valence-corrected chi connectivity index (χ0v) is 23.2. The first kappa shape index (κ1) is 33.0. The molecular formula is C24H49NaO4S. The van der Waals surface area contributed by atoms with Crippen molar-refractivity contribution in [2.24, 2.45) is 0 Å². The second-order valence-corrected chi connectivity index (χ2v) is 10.5. The third kappa shape index (κ3) is 22.1. The third-order valence-electron chi connectivity index (χ3n) is 6.07. The van der Waals surface area contributed by atoms with Gasteiger partial charge in [0.2, 0.25) is 0 Å². The smallest absolute Gasteiger partial charge is 0.748 e. The molecule has 0 amide bonds. The van der Waals surface area contributed by atoms with E-state index >= 15 is 0 Å². The van der Waals surface area contributed by atoms with Crippen molar-refractivity contribution in [2.45, 2.75) is 154 Å². The fourth-order valence-corrected chi connectivity index (χ4v) is 4.89. The van der Waals surface area contributed by atoms with E-state index in [1.165, 1.54) is 64.2 Å². The van der Waals surface area contributed by atoms with Gasteiger partial charge in [-0.1, -0.05) is 117 Å². The maximum absolute atomic E-state index is 11.0. The van der Waals surface area contributed by atoms with Gasteiger partial charge in [0, 0.05) is 5.25 Å². The summed E-state index contributed by atoms with van der Waals surface area (Å²) < 4.78 is 33.1. The summed E-state index contributed by atoms with van der Waals surface area (Å²) in [5, 5.41) is 9.38. The first-order valence-electron chi connectivity index (χ1n) is 12.5. The number of aliphatic hydroxyl groups excluding tert-OH is 1. The van der Waals surface area contributed by atoms with Crippen LogP contribution in [0.5, 0.6) is 0 Å². The van der Waals surface area contributed by atoms with Crippen LogP contribution in [0.15, 0.2) is 0 Å². The molecule has 0 saturated carbocycles. The Morgan fingerprint density at radius 1 is 0.633 bits per heavy atom. The minimum atomic E-state index is -4.13. The summed E-state index contributed by atoms with van der Waals surface area (Å²) >= 11 is 0. The molecular weight excluding hydrogens is 407 g/mol. The Balaban J connectivity index is 0. The molecule has 0 spiro atoms. The molecule has 0 saturated heterocycles.